The number of nitrogens with one attached hydrogen (secondary N) is 1. The zero-order valence-corrected chi connectivity index (χ0v) is 18.9. The van der Waals surface area contributed by atoms with Gasteiger partial charge in [-0.15, -0.1) is 0 Å². The summed E-state index contributed by atoms with van der Waals surface area (Å²) in [5.41, 5.74) is 1.48. The predicted molar refractivity (Wildman–Crippen MR) is 134 cm³/mol. The lowest BCUT2D eigenvalue weighted by atomic mass is 10.1. The highest BCUT2D eigenvalue weighted by atomic mass is 19.4. The Bertz CT molecular complexity index is 1460. The third-order valence-electron chi connectivity index (χ3n) is 5.35. The summed E-state index contributed by atoms with van der Waals surface area (Å²) >= 11 is 0. The first-order chi connectivity index (χ1) is 17.4. The van der Waals surface area contributed by atoms with Crippen molar-refractivity contribution in [3.05, 3.63) is 121 Å². The predicted octanol–water partition coefficient (Wildman–Crippen LogP) is 8.37. The number of hydrogen-bond acceptors (Lipinski definition) is 4. The normalized spacial score (nSPS) is 11.2. The molecule has 5 rings (SSSR count). The maximum absolute atomic E-state index is 13.3. The quantitative estimate of drug-likeness (QED) is 0.264. The first-order valence-corrected chi connectivity index (χ1v) is 11.2. The Kier molecular flexibility index (Phi) is 6.36. The molecule has 1 heterocycles. The Morgan fingerprint density at radius 2 is 1.25 bits per heavy atom. The third-order valence-corrected chi connectivity index (χ3v) is 5.35. The van der Waals surface area contributed by atoms with E-state index in [9.17, 15) is 13.2 Å². The second kappa shape index (κ2) is 9.92. The van der Waals surface area contributed by atoms with Gasteiger partial charge in [0.15, 0.2) is 5.82 Å². The van der Waals surface area contributed by atoms with Crippen LogP contribution in [0.25, 0.3) is 22.6 Å². The molecule has 0 aliphatic rings. The molecule has 1 aromatic heterocycles. The van der Waals surface area contributed by atoms with E-state index in [1.165, 1.54) is 6.07 Å². The molecule has 7 heteroatoms. The molecule has 0 aliphatic heterocycles. The minimum Gasteiger partial charge on any atom is -0.457 e. The molecule has 0 fully saturated rings. The van der Waals surface area contributed by atoms with Crippen molar-refractivity contribution in [1.82, 2.24) is 9.97 Å². The fraction of sp³-hybridized carbons (Fsp3) is 0.0345. The fourth-order valence-corrected chi connectivity index (χ4v) is 3.61. The third kappa shape index (κ3) is 5.52. The van der Waals surface area contributed by atoms with E-state index < -0.39 is 11.7 Å². The second-order valence-electron chi connectivity index (χ2n) is 7.97. The van der Waals surface area contributed by atoms with Gasteiger partial charge in [-0.2, -0.15) is 13.2 Å². The highest BCUT2D eigenvalue weighted by molar-refractivity contribution is 5.70. The van der Waals surface area contributed by atoms with Crippen LogP contribution in [0.2, 0.25) is 0 Å². The number of benzene rings is 4. The molecule has 36 heavy (non-hydrogen) atoms. The average molecular weight is 483 g/mol. The standard InChI is InChI=1S/C29H20F3N3O/c30-29(31,32)22-11-7-10-21(18-22)26-19-27(35-28(34-26)20-8-3-1-4-9-20)33-23-14-16-25(17-15-23)36-24-12-5-2-6-13-24/h1-19H,(H,33,34,35). The number of rotatable bonds is 6. The molecule has 4 aromatic carbocycles. The van der Waals surface area contributed by atoms with Crippen LogP contribution < -0.4 is 10.1 Å². The largest absolute Gasteiger partial charge is 0.457 e. The maximum atomic E-state index is 13.3. The van der Waals surface area contributed by atoms with Crippen LogP contribution in [0.3, 0.4) is 0 Å². The number of hydrogen-bond donors (Lipinski definition) is 1. The minimum absolute atomic E-state index is 0.346. The lowest BCUT2D eigenvalue weighted by molar-refractivity contribution is -0.137. The first kappa shape index (κ1) is 23.1. The van der Waals surface area contributed by atoms with Crippen LogP contribution in [-0.2, 0) is 6.18 Å². The van der Waals surface area contributed by atoms with Gasteiger partial charge in [0.05, 0.1) is 11.3 Å². The van der Waals surface area contributed by atoms with E-state index in [0.717, 1.165) is 29.1 Å². The molecule has 1 N–H and O–H groups in total. The van der Waals surface area contributed by atoms with Crippen molar-refractivity contribution in [3.8, 4) is 34.1 Å². The average Bonchev–Trinajstić information content (AvgIpc) is 2.90. The smallest absolute Gasteiger partial charge is 0.416 e. The van der Waals surface area contributed by atoms with Crippen molar-refractivity contribution in [2.45, 2.75) is 6.18 Å². The van der Waals surface area contributed by atoms with Crippen molar-refractivity contribution in [2.75, 3.05) is 5.32 Å². The Hall–Kier alpha value is -4.65. The molecule has 0 aliphatic carbocycles. The van der Waals surface area contributed by atoms with E-state index in [0.29, 0.717) is 28.6 Å². The maximum Gasteiger partial charge on any atom is 0.416 e. The number of alkyl halides is 3. The van der Waals surface area contributed by atoms with Crippen LogP contribution in [0.5, 0.6) is 11.5 Å². The zero-order valence-electron chi connectivity index (χ0n) is 18.9. The van der Waals surface area contributed by atoms with E-state index in [-0.39, 0.29) is 0 Å². The zero-order chi connectivity index (χ0) is 25.0. The van der Waals surface area contributed by atoms with E-state index in [1.54, 1.807) is 12.1 Å². The van der Waals surface area contributed by atoms with Crippen molar-refractivity contribution in [2.24, 2.45) is 0 Å². The lowest BCUT2D eigenvalue weighted by Gasteiger charge is -2.13. The summed E-state index contributed by atoms with van der Waals surface area (Å²) in [7, 11) is 0. The van der Waals surface area contributed by atoms with Crippen LogP contribution in [0.4, 0.5) is 24.7 Å². The summed E-state index contributed by atoms with van der Waals surface area (Å²) in [5, 5.41) is 3.23. The lowest BCUT2D eigenvalue weighted by Crippen LogP contribution is -2.05. The summed E-state index contributed by atoms with van der Waals surface area (Å²) in [4.78, 5) is 9.17. The number of aromatic nitrogens is 2. The molecule has 5 aromatic rings. The number of ether oxygens (including phenoxy) is 1. The van der Waals surface area contributed by atoms with Crippen molar-refractivity contribution in [1.29, 1.82) is 0 Å². The molecule has 0 unspecified atom stereocenters. The molecule has 0 amide bonds. The monoisotopic (exact) mass is 483 g/mol. The number of halogens is 3. The van der Waals surface area contributed by atoms with Gasteiger partial charge in [0.1, 0.15) is 17.3 Å². The SMILES string of the molecule is FC(F)(F)c1cccc(-c2cc(Nc3ccc(Oc4ccccc4)cc3)nc(-c3ccccc3)n2)c1. The van der Waals surface area contributed by atoms with Gasteiger partial charge < -0.3 is 10.1 Å². The van der Waals surface area contributed by atoms with Crippen molar-refractivity contribution < 1.29 is 17.9 Å². The molecule has 4 nitrogen and oxygen atoms in total. The fourth-order valence-electron chi connectivity index (χ4n) is 3.61. The van der Waals surface area contributed by atoms with Crippen LogP contribution in [0.15, 0.2) is 115 Å². The Morgan fingerprint density at radius 3 is 1.94 bits per heavy atom. The van der Waals surface area contributed by atoms with Gasteiger partial charge in [-0.3, -0.25) is 0 Å². The highest BCUT2D eigenvalue weighted by Crippen LogP contribution is 2.33. The first-order valence-electron chi connectivity index (χ1n) is 11.2. The Labute approximate surface area is 206 Å². The van der Waals surface area contributed by atoms with Gasteiger partial charge in [0, 0.05) is 22.9 Å². The molecule has 178 valence electrons. The van der Waals surface area contributed by atoms with Crippen molar-refractivity contribution in [3.63, 3.8) is 0 Å². The van der Waals surface area contributed by atoms with Gasteiger partial charge in [-0.05, 0) is 48.5 Å². The summed E-state index contributed by atoms with van der Waals surface area (Å²) in [6.07, 6.45) is -4.45. The van der Waals surface area contributed by atoms with Crippen LogP contribution in [-0.4, -0.2) is 9.97 Å². The molecule has 0 atom stereocenters. The molecule has 0 spiro atoms. The van der Waals surface area contributed by atoms with E-state index in [4.69, 9.17) is 4.74 Å². The molecule has 0 bridgehead atoms. The van der Waals surface area contributed by atoms with Gasteiger partial charge in [-0.1, -0.05) is 60.7 Å². The van der Waals surface area contributed by atoms with Crippen LogP contribution in [0.1, 0.15) is 5.56 Å². The van der Waals surface area contributed by atoms with E-state index in [1.807, 2.05) is 84.9 Å². The Morgan fingerprint density at radius 1 is 0.611 bits per heavy atom. The summed E-state index contributed by atoms with van der Waals surface area (Å²) < 4.78 is 45.8. The number of anilines is 2. The van der Waals surface area contributed by atoms with E-state index >= 15 is 0 Å². The van der Waals surface area contributed by atoms with Gasteiger partial charge in [-0.25, -0.2) is 9.97 Å². The molecular formula is C29H20F3N3O. The molecular weight excluding hydrogens is 463 g/mol. The number of para-hydroxylation sites is 1. The minimum atomic E-state index is -4.45. The van der Waals surface area contributed by atoms with Gasteiger partial charge in [0.25, 0.3) is 0 Å². The van der Waals surface area contributed by atoms with Gasteiger partial charge >= 0.3 is 6.18 Å². The van der Waals surface area contributed by atoms with Crippen LogP contribution in [0, 0.1) is 0 Å². The highest BCUT2D eigenvalue weighted by Gasteiger charge is 2.30. The molecule has 0 saturated heterocycles. The van der Waals surface area contributed by atoms with Crippen molar-refractivity contribution >= 4 is 11.5 Å². The second-order valence-corrected chi connectivity index (χ2v) is 7.97. The summed E-state index contributed by atoms with van der Waals surface area (Å²) in [6.45, 7) is 0. The number of nitrogens with zero attached hydrogens (tertiary/aromatic N) is 2. The topological polar surface area (TPSA) is 47.0 Å². The molecule has 0 saturated carbocycles. The van der Waals surface area contributed by atoms with Gasteiger partial charge in [0.2, 0.25) is 0 Å². The summed E-state index contributed by atoms with van der Waals surface area (Å²) in [5.74, 6) is 2.25. The Balaban J connectivity index is 1.47. The molecule has 0 radical (unpaired) electrons. The summed E-state index contributed by atoms with van der Waals surface area (Å²) in [6, 6.07) is 32.8. The van der Waals surface area contributed by atoms with E-state index in [2.05, 4.69) is 15.3 Å². The van der Waals surface area contributed by atoms with Crippen LogP contribution >= 0.6 is 0 Å².